The fraction of sp³-hybridized carbons (Fsp3) is 0.700. The normalized spacial score (nSPS) is 13.9. The van der Waals surface area contributed by atoms with Gasteiger partial charge >= 0.3 is 0 Å². The van der Waals surface area contributed by atoms with E-state index in [1.165, 1.54) is 0 Å². The van der Waals surface area contributed by atoms with Gasteiger partial charge in [-0.3, -0.25) is 0 Å². The summed E-state index contributed by atoms with van der Waals surface area (Å²) in [5.41, 5.74) is 6.43. The van der Waals surface area contributed by atoms with Crippen LogP contribution < -0.4 is 11.1 Å². The van der Waals surface area contributed by atoms with Crippen LogP contribution in [0.25, 0.3) is 0 Å². The third-order valence-corrected chi connectivity index (χ3v) is 1.84. The van der Waals surface area contributed by atoms with Crippen LogP contribution in [0.4, 0.5) is 0 Å². The van der Waals surface area contributed by atoms with E-state index in [0.717, 1.165) is 12.1 Å². The molecule has 0 aromatic heterocycles. The molecule has 4 N–H and O–H groups in total. The molecule has 88 valence electrons. The Morgan fingerprint density at radius 2 is 2.33 bits per heavy atom. The molecule has 5 nitrogen and oxygen atoms in total. The summed E-state index contributed by atoms with van der Waals surface area (Å²) < 4.78 is 5.29. The molecule has 0 radical (unpaired) electrons. The standard InChI is InChI=1S/C10H21N3O2/c1-8(2)7-15-5-4-12-6-9(3)10(11)13-14/h9,12,14H,1,4-7H2,2-3H3,(H2,11,13). The highest BCUT2D eigenvalue weighted by Gasteiger charge is 2.05. The second-order valence-corrected chi connectivity index (χ2v) is 3.64. The molecule has 0 saturated carbocycles. The maximum atomic E-state index is 8.41. The lowest BCUT2D eigenvalue weighted by Crippen LogP contribution is -2.32. The number of rotatable bonds is 8. The number of amidine groups is 1. The van der Waals surface area contributed by atoms with Crippen LogP contribution in [0.2, 0.25) is 0 Å². The topological polar surface area (TPSA) is 79.9 Å². The zero-order valence-corrected chi connectivity index (χ0v) is 9.49. The molecule has 0 aromatic rings. The average Bonchev–Trinajstić information content (AvgIpc) is 2.21. The van der Waals surface area contributed by atoms with E-state index in [9.17, 15) is 0 Å². The maximum Gasteiger partial charge on any atom is 0.143 e. The number of nitrogens with zero attached hydrogens (tertiary/aromatic N) is 1. The molecular weight excluding hydrogens is 194 g/mol. The van der Waals surface area contributed by atoms with Gasteiger partial charge in [0.05, 0.1) is 13.2 Å². The van der Waals surface area contributed by atoms with Gasteiger partial charge < -0.3 is 21.0 Å². The molecule has 5 heteroatoms. The minimum absolute atomic E-state index is 0.0242. The van der Waals surface area contributed by atoms with Crippen molar-refractivity contribution < 1.29 is 9.94 Å². The quantitative estimate of drug-likeness (QED) is 0.138. The van der Waals surface area contributed by atoms with Gasteiger partial charge in [-0.1, -0.05) is 24.2 Å². The van der Waals surface area contributed by atoms with Gasteiger partial charge in [0, 0.05) is 19.0 Å². The van der Waals surface area contributed by atoms with Crippen LogP contribution in [0.3, 0.4) is 0 Å². The van der Waals surface area contributed by atoms with Crippen LogP contribution in [0.15, 0.2) is 17.3 Å². The van der Waals surface area contributed by atoms with E-state index in [1.807, 2.05) is 13.8 Å². The van der Waals surface area contributed by atoms with Crippen LogP contribution in [-0.2, 0) is 4.74 Å². The number of ether oxygens (including phenoxy) is 1. The second-order valence-electron chi connectivity index (χ2n) is 3.64. The third-order valence-electron chi connectivity index (χ3n) is 1.84. The summed E-state index contributed by atoms with van der Waals surface area (Å²) in [7, 11) is 0. The van der Waals surface area contributed by atoms with Crippen molar-refractivity contribution in [2.45, 2.75) is 13.8 Å². The van der Waals surface area contributed by atoms with Crippen molar-refractivity contribution >= 4 is 5.84 Å². The lowest BCUT2D eigenvalue weighted by Gasteiger charge is -2.10. The van der Waals surface area contributed by atoms with Gasteiger partial charge in [0.15, 0.2) is 0 Å². The Labute approximate surface area is 91.0 Å². The first kappa shape index (κ1) is 13.9. The van der Waals surface area contributed by atoms with Gasteiger partial charge in [-0.25, -0.2) is 0 Å². The Bertz CT molecular complexity index is 217. The number of nitrogens with two attached hydrogens (primary N) is 1. The predicted molar refractivity (Wildman–Crippen MR) is 61.1 cm³/mol. The molecule has 1 atom stereocenters. The molecule has 0 amide bonds. The van der Waals surface area contributed by atoms with Crippen molar-refractivity contribution in [1.29, 1.82) is 0 Å². The monoisotopic (exact) mass is 215 g/mol. The molecule has 0 spiro atoms. The molecule has 0 aliphatic carbocycles. The van der Waals surface area contributed by atoms with E-state index in [4.69, 9.17) is 15.7 Å². The minimum Gasteiger partial charge on any atom is -0.409 e. The lowest BCUT2D eigenvalue weighted by atomic mass is 10.1. The van der Waals surface area contributed by atoms with Crippen LogP contribution in [0, 0.1) is 5.92 Å². The highest BCUT2D eigenvalue weighted by Crippen LogP contribution is 1.91. The number of oxime groups is 1. The summed E-state index contributed by atoms with van der Waals surface area (Å²) in [5.74, 6) is 0.265. The number of nitrogens with one attached hydrogen (secondary N) is 1. The van der Waals surface area contributed by atoms with Crippen molar-refractivity contribution in [2.24, 2.45) is 16.8 Å². The van der Waals surface area contributed by atoms with Crippen molar-refractivity contribution in [3.63, 3.8) is 0 Å². The Morgan fingerprint density at radius 1 is 1.67 bits per heavy atom. The van der Waals surface area contributed by atoms with Crippen molar-refractivity contribution in [1.82, 2.24) is 5.32 Å². The minimum atomic E-state index is 0.0242. The Balaban J connectivity index is 3.35. The fourth-order valence-electron chi connectivity index (χ4n) is 0.912. The molecule has 15 heavy (non-hydrogen) atoms. The lowest BCUT2D eigenvalue weighted by molar-refractivity contribution is 0.157. The van der Waals surface area contributed by atoms with Gasteiger partial charge in [0.1, 0.15) is 5.84 Å². The molecule has 0 rings (SSSR count). The summed E-state index contributed by atoms with van der Waals surface area (Å²) in [5, 5.41) is 14.5. The third kappa shape index (κ3) is 7.96. The van der Waals surface area contributed by atoms with Crippen molar-refractivity contribution in [2.75, 3.05) is 26.3 Å². The average molecular weight is 215 g/mol. The second kappa shape index (κ2) is 8.26. The molecule has 0 fully saturated rings. The van der Waals surface area contributed by atoms with Crippen LogP contribution in [0.1, 0.15) is 13.8 Å². The molecule has 0 aromatic carbocycles. The molecule has 0 bridgehead atoms. The van der Waals surface area contributed by atoms with Crippen molar-refractivity contribution in [3.8, 4) is 0 Å². The summed E-state index contributed by atoms with van der Waals surface area (Å²) in [6.07, 6.45) is 0. The van der Waals surface area contributed by atoms with Gasteiger partial charge in [0.2, 0.25) is 0 Å². The Morgan fingerprint density at radius 3 is 2.87 bits per heavy atom. The molecule has 0 aliphatic heterocycles. The summed E-state index contributed by atoms with van der Waals surface area (Å²) in [4.78, 5) is 0. The molecule has 0 saturated heterocycles. The van der Waals surface area contributed by atoms with Crippen LogP contribution in [0.5, 0.6) is 0 Å². The van der Waals surface area contributed by atoms with Gasteiger partial charge in [-0.2, -0.15) is 0 Å². The van der Waals surface area contributed by atoms with Crippen molar-refractivity contribution in [3.05, 3.63) is 12.2 Å². The first-order chi connectivity index (χ1) is 7.07. The predicted octanol–water partition coefficient (Wildman–Crippen LogP) is 0.551. The zero-order chi connectivity index (χ0) is 11.7. The Hall–Kier alpha value is -1.07. The summed E-state index contributed by atoms with van der Waals surface area (Å²) in [6.45, 7) is 10.2. The highest BCUT2D eigenvalue weighted by atomic mass is 16.5. The SMILES string of the molecule is C=C(C)COCCNCC(C)C(N)=NO. The Kier molecular flexibility index (Phi) is 7.67. The number of hydrogen-bond donors (Lipinski definition) is 3. The van der Waals surface area contributed by atoms with E-state index < -0.39 is 0 Å². The van der Waals surface area contributed by atoms with E-state index in [-0.39, 0.29) is 11.8 Å². The van der Waals surface area contributed by atoms with E-state index in [0.29, 0.717) is 19.8 Å². The highest BCUT2D eigenvalue weighted by molar-refractivity contribution is 5.82. The van der Waals surface area contributed by atoms with E-state index >= 15 is 0 Å². The zero-order valence-electron chi connectivity index (χ0n) is 9.49. The summed E-state index contributed by atoms with van der Waals surface area (Å²) >= 11 is 0. The maximum absolute atomic E-state index is 8.41. The largest absolute Gasteiger partial charge is 0.409 e. The first-order valence-corrected chi connectivity index (χ1v) is 4.98. The van der Waals surface area contributed by atoms with Gasteiger partial charge in [-0.05, 0) is 6.92 Å². The fourth-order valence-corrected chi connectivity index (χ4v) is 0.912. The van der Waals surface area contributed by atoms with Crippen LogP contribution >= 0.6 is 0 Å². The summed E-state index contributed by atoms with van der Waals surface area (Å²) in [6, 6.07) is 0. The van der Waals surface area contributed by atoms with E-state index in [2.05, 4.69) is 17.1 Å². The van der Waals surface area contributed by atoms with Crippen LogP contribution in [-0.4, -0.2) is 37.3 Å². The molecule has 0 heterocycles. The van der Waals surface area contributed by atoms with E-state index in [1.54, 1.807) is 0 Å². The molecular formula is C10H21N3O2. The number of hydrogen-bond acceptors (Lipinski definition) is 4. The molecule has 1 unspecified atom stereocenters. The smallest absolute Gasteiger partial charge is 0.143 e. The van der Waals surface area contributed by atoms with Gasteiger partial charge in [-0.15, -0.1) is 0 Å². The van der Waals surface area contributed by atoms with Gasteiger partial charge in [0.25, 0.3) is 0 Å². The first-order valence-electron chi connectivity index (χ1n) is 4.98. The molecule has 0 aliphatic rings.